The van der Waals surface area contributed by atoms with Crippen LogP contribution in [0.2, 0.25) is 0 Å². The molecule has 0 saturated heterocycles. The molecule has 0 spiro atoms. The Bertz CT molecular complexity index is 992. The SMILES string of the molecule is COc1ccc(/C=C\c2cc(OC)c(OC)c(OC)c2)c(NC(=O)CN)c1NC(=O)CN.Cl.Cl. The van der Waals surface area contributed by atoms with Gasteiger partial charge in [0, 0.05) is 5.56 Å². The van der Waals surface area contributed by atoms with Crippen LogP contribution in [0.15, 0.2) is 24.3 Å². The summed E-state index contributed by atoms with van der Waals surface area (Å²) in [6.45, 7) is -0.476. The molecule has 0 aliphatic rings. The van der Waals surface area contributed by atoms with Gasteiger partial charge in [-0.3, -0.25) is 9.59 Å². The molecule has 12 heteroatoms. The molecule has 0 aliphatic heterocycles. The van der Waals surface area contributed by atoms with Gasteiger partial charge in [0.15, 0.2) is 11.5 Å². The van der Waals surface area contributed by atoms with Crippen molar-refractivity contribution in [3.05, 3.63) is 35.4 Å². The molecule has 0 saturated carbocycles. The zero-order valence-corrected chi connectivity index (χ0v) is 20.9. The molecule has 10 nitrogen and oxygen atoms in total. The first-order valence-electron chi connectivity index (χ1n) is 9.61. The summed E-state index contributed by atoms with van der Waals surface area (Å²) in [6, 6.07) is 6.95. The number of nitrogens with two attached hydrogens (primary N) is 2. The number of ether oxygens (including phenoxy) is 4. The number of hydrogen-bond donors (Lipinski definition) is 4. The maximum absolute atomic E-state index is 12.1. The molecule has 0 aromatic heterocycles. The summed E-state index contributed by atoms with van der Waals surface area (Å²) < 4.78 is 21.4. The van der Waals surface area contributed by atoms with Crippen LogP contribution in [0.1, 0.15) is 11.1 Å². The van der Waals surface area contributed by atoms with E-state index in [1.54, 1.807) is 36.4 Å². The maximum atomic E-state index is 12.1. The van der Waals surface area contributed by atoms with Gasteiger partial charge in [-0.25, -0.2) is 0 Å². The van der Waals surface area contributed by atoms with E-state index in [4.69, 9.17) is 30.4 Å². The maximum Gasteiger partial charge on any atom is 0.238 e. The van der Waals surface area contributed by atoms with Crippen LogP contribution in [-0.2, 0) is 9.59 Å². The van der Waals surface area contributed by atoms with Crippen LogP contribution in [0.3, 0.4) is 0 Å². The molecule has 0 unspecified atom stereocenters. The number of carbonyl (C=O) groups is 2. The van der Waals surface area contributed by atoms with E-state index in [-0.39, 0.29) is 43.6 Å². The molecule has 2 aromatic carbocycles. The second-order valence-corrected chi connectivity index (χ2v) is 6.40. The van der Waals surface area contributed by atoms with Crippen LogP contribution in [0.5, 0.6) is 23.0 Å². The number of anilines is 2. The number of hydrogen-bond acceptors (Lipinski definition) is 8. The van der Waals surface area contributed by atoms with Crippen molar-refractivity contribution in [2.75, 3.05) is 52.2 Å². The lowest BCUT2D eigenvalue weighted by Gasteiger charge is -2.18. The Morgan fingerprint density at radius 1 is 0.765 bits per heavy atom. The Morgan fingerprint density at radius 3 is 1.71 bits per heavy atom. The normalized spacial score (nSPS) is 9.94. The van der Waals surface area contributed by atoms with Crippen molar-refractivity contribution in [3.63, 3.8) is 0 Å². The fourth-order valence-electron chi connectivity index (χ4n) is 2.93. The number of amides is 2. The van der Waals surface area contributed by atoms with Crippen LogP contribution in [0.25, 0.3) is 12.2 Å². The first-order chi connectivity index (χ1) is 15.4. The van der Waals surface area contributed by atoms with Gasteiger partial charge in [0.2, 0.25) is 17.6 Å². The average Bonchev–Trinajstić information content (AvgIpc) is 2.82. The molecule has 0 aliphatic carbocycles. The van der Waals surface area contributed by atoms with Crippen molar-refractivity contribution in [1.29, 1.82) is 0 Å². The van der Waals surface area contributed by atoms with Crippen molar-refractivity contribution in [1.82, 2.24) is 0 Å². The van der Waals surface area contributed by atoms with E-state index in [0.29, 0.717) is 34.2 Å². The Labute approximate surface area is 210 Å². The molecule has 0 bridgehead atoms. The number of methoxy groups -OCH3 is 4. The van der Waals surface area contributed by atoms with Crippen molar-refractivity contribution < 1.29 is 28.5 Å². The average molecular weight is 517 g/mol. The third-order valence-corrected chi connectivity index (χ3v) is 4.46. The summed E-state index contributed by atoms with van der Waals surface area (Å²) in [5.41, 5.74) is 12.8. The fourth-order valence-corrected chi connectivity index (χ4v) is 2.93. The summed E-state index contributed by atoms with van der Waals surface area (Å²) in [7, 11) is 6.03. The fraction of sp³-hybridized carbons (Fsp3) is 0.273. The second kappa shape index (κ2) is 14.9. The minimum Gasteiger partial charge on any atom is -0.494 e. The van der Waals surface area contributed by atoms with Gasteiger partial charge in [-0.1, -0.05) is 12.2 Å². The summed E-state index contributed by atoms with van der Waals surface area (Å²) in [5, 5.41) is 5.38. The highest BCUT2D eigenvalue weighted by Crippen LogP contribution is 2.40. The summed E-state index contributed by atoms with van der Waals surface area (Å²) in [4.78, 5) is 24.0. The van der Waals surface area contributed by atoms with Crippen molar-refractivity contribution >= 4 is 60.2 Å². The van der Waals surface area contributed by atoms with E-state index >= 15 is 0 Å². The van der Waals surface area contributed by atoms with E-state index < -0.39 is 11.8 Å². The minimum atomic E-state index is -0.447. The Kier molecular flexibility index (Phi) is 13.5. The zero-order valence-electron chi connectivity index (χ0n) is 19.3. The summed E-state index contributed by atoms with van der Waals surface area (Å²) >= 11 is 0. The van der Waals surface area contributed by atoms with Crippen LogP contribution in [0, 0.1) is 0 Å². The highest BCUT2D eigenvalue weighted by Gasteiger charge is 2.17. The van der Waals surface area contributed by atoms with Crippen LogP contribution < -0.4 is 41.0 Å². The minimum absolute atomic E-state index is 0. The molecule has 0 radical (unpaired) electrons. The molecule has 0 atom stereocenters. The summed E-state index contributed by atoms with van der Waals surface area (Å²) in [6.07, 6.45) is 3.54. The smallest absolute Gasteiger partial charge is 0.238 e. The molecule has 6 N–H and O–H groups in total. The van der Waals surface area contributed by atoms with Gasteiger partial charge in [-0.05, 0) is 29.8 Å². The summed E-state index contributed by atoms with van der Waals surface area (Å²) in [5.74, 6) is 0.923. The van der Waals surface area contributed by atoms with E-state index in [1.807, 2.05) is 0 Å². The number of halogens is 2. The van der Waals surface area contributed by atoms with E-state index in [2.05, 4.69) is 10.6 Å². The van der Waals surface area contributed by atoms with Gasteiger partial charge in [-0.2, -0.15) is 0 Å². The molecule has 34 heavy (non-hydrogen) atoms. The molecule has 2 amide bonds. The van der Waals surface area contributed by atoms with Crippen LogP contribution >= 0.6 is 24.8 Å². The number of nitrogens with one attached hydrogen (secondary N) is 2. The monoisotopic (exact) mass is 516 g/mol. The van der Waals surface area contributed by atoms with Gasteiger partial charge in [-0.15, -0.1) is 24.8 Å². The molecular formula is C22H30Cl2N4O6. The quantitative estimate of drug-likeness (QED) is 0.352. The Morgan fingerprint density at radius 2 is 1.26 bits per heavy atom. The lowest BCUT2D eigenvalue weighted by molar-refractivity contribution is -0.115. The molecule has 0 fully saturated rings. The number of rotatable bonds is 10. The van der Waals surface area contributed by atoms with Gasteiger partial charge in [0.25, 0.3) is 0 Å². The molecule has 2 rings (SSSR count). The van der Waals surface area contributed by atoms with Crippen molar-refractivity contribution in [2.45, 2.75) is 0 Å². The zero-order chi connectivity index (χ0) is 23.7. The lowest BCUT2D eigenvalue weighted by atomic mass is 10.1. The predicted octanol–water partition coefficient (Wildman–Crippen LogP) is 2.53. The Balaban J connectivity index is 0.00000544. The third kappa shape index (κ3) is 7.42. The highest BCUT2D eigenvalue weighted by atomic mass is 35.5. The molecular weight excluding hydrogens is 487 g/mol. The topological polar surface area (TPSA) is 147 Å². The first kappa shape index (κ1) is 30.8. The van der Waals surface area contributed by atoms with Gasteiger partial charge in [0.1, 0.15) is 11.4 Å². The highest BCUT2D eigenvalue weighted by molar-refractivity contribution is 6.05. The molecule has 2 aromatic rings. The molecule has 0 heterocycles. The number of benzene rings is 2. The third-order valence-electron chi connectivity index (χ3n) is 4.46. The first-order valence-corrected chi connectivity index (χ1v) is 9.61. The van der Waals surface area contributed by atoms with E-state index in [0.717, 1.165) is 5.56 Å². The Hall–Kier alpha value is -3.18. The van der Waals surface area contributed by atoms with Gasteiger partial charge >= 0.3 is 0 Å². The van der Waals surface area contributed by atoms with Crippen molar-refractivity contribution in [3.8, 4) is 23.0 Å². The van der Waals surface area contributed by atoms with Gasteiger partial charge in [0.05, 0.1) is 47.2 Å². The van der Waals surface area contributed by atoms with Gasteiger partial charge < -0.3 is 41.0 Å². The standard InChI is InChI=1S/C22H28N4O6.2ClH/c1-29-15-8-7-14(20(25-18(27)11-23)21(15)26-19(28)12-24)6-5-13-9-16(30-2)22(32-4)17(10-13)31-3;;/h5-10H,11-12,23-24H2,1-4H3,(H,25,27)(H,26,28);2*1H/b6-5-;;. The van der Waals surface area contributed by atoms with Crippen molar-refractivity contribution in [2.24, 2.45) is 11.5 Å². The largest absolute Gasteiger partial charge is 0.494 e. The van der Waals surface area contributed by atoms with E-state index in [1.165, 1.54) is 28.4 Å². The van der Waals surface area contributed by atoms with Crippen LogP contribution in [-0.4, -0.2) is 53.3 Å². The predicted molar refractivity (Wildman–Crippen MR) is 138 cm³/mol. The number of carbonyl (C=O) groups excluding carboxylic acids is 2. The van der Waals surface area contributed by atoms with Crippen LogP contribution in [0.4, 0.5) is 11.4 Å². The lowest BCUT2D eigenvalue weighted by Crippen LogP contribution is -2.26. The second-order valence-electron chi connectivity index (χ2n) is 6.40. The molecule has 188 valence electrons. The van der Waals surface area contributed by atoms with E-state index in [9.17, 15) is 9.59 Å².